The number of benzene rings is 1. The van der Waals surface area contributed by atoms with Gasteiger partial charge < -0.3 is 9.84 Å². The number of fused-ring (bicyclic) bond motifs is 2. The molecule has 3 atom stereocenters. The van der Waals surface area contributed by atoms with Crippen LogP contribution in [-0.2, 0) is 5.60 Å². The van der Waals surface area contributed by atoms with Crippen LogP contribution in [0.1, 0.15) is 12.0 Å². The van der Waals surface area contributed by atoms with Gasteiger partial charge in [-0.05, 0) is 30.7 Å². The molecule has 86 valence electrons. The highest BCUT2D eigenvalue weighted by atomic mass is 16.5. The number of nitrogens with zero attached hydrogens (tertiary/aromatic N) is 1. The van der Waals surface area contributed by atoms with Gasteiger partial charge in [-0.2, -0.15) is 0 Å². The second kappa shape index (κ2) is 3.47. The molecule has 2 saturated heterocycles. The average molecular weight is 219 g/mol. The summed E-state index contributed by atoms with van der Waals surface area (Å²) in [6, 6.07) is 7.83. The number of methoxy groups -OCH3 is 1. The van der Waals surface area contributed by atoms with Gasteiger partial charge in [0.2, 0.25) is 0 Å². The Morgan fingerprint density at radius 2 is 2.38 bits per heavy atom. The maximum absolute atomic E-state index is 10.8. The van der Waals surface area contributed by atoms with E-state index in [9.17, 15) is 5.11 Å². The topological polar surface area (TPSA) is 32.7 Å². The molecule has 2 bridgehead atoms. The first-order chi connectivity index (χ1) is 7.72. The molecule has 2 fully saturated rings. The number of hydrogen-bond donors (Lipinski definition) is 1. The van der Waals surface area contributed by atoms with Crippen molar-refractivity contribution in [3.05, 3.63) is 29.8 Å². The molecule has 2 aliphatic rings. The van der Waals surface area contributed by atoms with Crippen LogP contribution in [-0.4, -0.2) is 36.8 Å². The van der Waals surface area contributed by atoms with Gasteiger partial charge in [0.1, 0.15) is 11.4 Å². The first-order valence-electron chi connectivity index (χ1n) is 5.81. The molecule has 16 heavy (non-hydrogen) atoms. The second-order valence-corrected chi connectivity index (χ2v) is 4.88. The average Bonchev–Trinajstić information content (AvgIpc) is 2.89. The fourth-order valence-electron chi connectivity index (χ4n) is 3.06. The van der Waals surface area contributed by atoms with Crippen LogP contribution in [0.4, 0.5) is 0 Å². The third-order valence-corrected chi connectivity index (χ3v) is 3.98. The third-order valence-electron chi connectivity index (χ3n) is 3.98. The Kier molecular flexibility index (Phi) is 2.19. The van der Waals surface area contributed by atoms with E-state index in [0.29, 0.717) is 5.92 Å². The summed E-state index contributed by atoms with van der Waals surface area (Å²) in [6.07, 6.45) is 1.10. The third kappa shape index (κ3) is 1.35. The Morgan fingerprint density at radius 1 is 1.50 bits per heavy atom. The number of aliphatic hydroxyl groups is 1. The van der Waals surface area contributed by atoms with E-state index in [-0.39, 0.29) is 0 Å². The molecule has 0 saturated carbocycles. The minimum absolute atomic E-state index is 0.389. The molecule has 3 rings (SSSR count). The largest absolute Gasteiger partial charge is 0.497 e. The predicted octanol–water partition coefficient (Wildman–Crippen LogP) is 1.22. The first-order valence-corrected chi connectivity index (χ1v) is 5.81. The van der Waals surface area contributed by atoms with Crippen LogP contribution in [0, 0.1) is 5.92 Å². The molecule has 0 aromatic heterocycles. The molecule has 1 N–H and O–H groups in total. The van der Waals surface area contributed by atoms with Crippen molar-refractivity contribution in [1.29, 1.82) is 0 Å². The van der Waals surface area contributed by atoms with Crippen LogP contribution in [0.25, 0.3) is 0 Å². The normalized spacial score (nSPS) is 36.6. The van der Waals surface area contributed by atoms with E-state index in [4.69, 9.17) is 4.74 Å². The van der Waals surface area contributed by atoms with Gasteiger partial charge >= 0.3 is 0 Å². The van der Waals surface area contributed by atoms with E-state index in [1.165, 1.54) is 0 Å². The predicted molar refractivity (Wildman–Crippen MR) is 61.4 cm³/mol. The fourth-order valence-corrected chi connectivity index (χ4v) is 3.06. The van der Waals surface area contributed by atoms with Crippen molar-refractivity contribution in [1.82, 2.24) is 4.90 Å². The highest BCUT2D eigenvalue weighted by Gasteiger charge is 2.49. The molecule has 3 nitrogen and oxygen atoms in total. The van der Waals surface area contributed by atoms with E-state index in [1.807, 2.05) is 24.3 Å². The lowest BCUT2D eigenvalue weighted by Gasteiger charge is -2.32. The van der Waals surface area contributed by atoms with Gasteiger partial charge in [-0.1, -0.05) is 12.1 Å². The maximum Gasteiger partial charge on any atom is 0.119 e. The minimum Gasteiger partial charge on any atom is -0.497 e. The molecule has 1 aromatic carbocycles. The monoisotopic (exact) mass is 219 g/mol. The van der Waals surface area contributed by atoms with E-state index in [2.05, 4.69) is 4.90 Å². The Labute approximate surface area is 95.6 Å². The first kappa shape index (κ1) is 10.1. The Hall–Kier alpha value is -1.06. The molecule has 2 aliphatic heterocycles. The molecule has 3 unspecified atom stereocenters. The Morgan fingerprint density at radius 3 is 3.00 bits per heavy atom. The summed E-state index contributed by atoms with van der Waals surface area (Å²) < 4.78 is 5.21. The number of piperidine rings is 1. The summed E-state index contributed by atoms with van der Waals surface area (Å²) in [5.74, 6) is 1.21. The smallest absolute Gasteiger partial charge is 0.119 e. The van der Waals surface area contributed by atoms with Gasteiger partial charge in [0.25, 0.3) is 0 Å². The zero-order valence-corrected chi connectivity index (χ0v) is 9.52. The maximum atomic E-state index is 10.8. The van der Waals surface area contributed by atoms with E-state index >= 15 is 0 Å². The van der Waals surface area contributed by atoms with Crippen LogP contribution in [0.3, 0.4) is 0 Å². The van der Waals surface area contributed by atoms with Crippen molar-refractivity contribution in [2.75, 3.05) is 26.7 Å². The molecule has 0 radical (unpaired) electrons. The molecular weight excluding hydrogens is 202 g/mol. The summed E-state index contributed by atoms with van der Waals surface area (Å²) in [5, 5.41) is 10.8. The van der Waals surface area contributed by atoms with Crippen LogP contribution < -0.4 is 4.74 Å². The summed E-state index contributed by atoms with van der Waals surface area (Å²) in [6.45, 7) is 2.94. The van der Waals surface area contributed by atoms with Crippen LogP contribution in [0.15, 0.2) is 24.3 Å². The van der Waals surface area contributed by atoms with Crippen LogP contribution >= 0.6 is 0 Å². The second-order valence-electron chi connectivity index (χ2n) is 4.88. The number of rotatable bonds is 2. The fraction of sp³-hybridized carbons (Fsp3) is 0.538. The quantitative estimate of drug-likeness (QED) is 0.811. The molecule has 0 amide bonds. The van der Waals surface area contributed by atoms with Crippen molar-refractivity contribution in [3.63, 3.8) is 0 Å². The van der Waals surface area contributed by atoms with Crippen molar-refractivity contribution >= 4 is 0 Å². The molecule has 3 heteroatoms. The minimum atomic E-state index is -0.660. The van der Waals surface area contributed by atoms with Gasteiger partial charge in [-0.15, -0.1) is 0 Å². The number of ether oxygens (including phenoxy) is 1. The lowest BCUT2D eigenvalue weighted by Crippen LogP contribution is -2.39. The van der Waals surface area contributed by atoms with Gasteiger partial charge in [0, 0.05) is 19.0 Å². The van der Waals surface area contributed by atoms with Crippen molar-refractivity contribution in [3.8, 4) is 5.75 Å². The summed E-state index contributed by atoms with van der Waals surface area (Å²) in [7, 11) is 1.66. The van der Waals surface area contributed by atoms with E-state index in [1.54, 1.807) is 7.11 Å². The van der Waals surface area contributed by atoms with E-state index < -0.39 is 5.60 Å². The number of hydrogen-bond acceptors (Lipinski definition) is 3. The summed E-state index contributed by atoms with van der Waals surface area (Å²) >= 11 is 0. The zero-order valence-electron chi connectivity index (χ0n) is 9.52. The highest BCUT2D eigenvalue weighted by Crippen LogP contribution is 2.43. The van der Waals surface area contributed by atoms with Gasteiger partial charge in [0.05, 0.1) is 7.11 Å². The van der Waals surface area contributed by atoms with Crippen molar-refractivity contribution < 1.29 is 9.84 Å². The van der Waals surface area contributed by atoms with E-state index in [0.717, 1.165) is 37.4 Å². The molecular formula is C13H17NO2. The van der Waals surface area contributed by atoms with Crippen molar-refractivity contribution in [2.24, 2.45) is 5.92 Å². The lowest BCUT2D eigenvalue weighted by atomic mass is 9.81. The highest BCUT2D eigenvalue weighted by molar-refractivity contribution is 5.34. The molecule has 0 spiro atoms. The molecule has 1 aromatic rings. The van der Waals surface area contributed by atoms with Gasteiger partial charge in [-0.3, -0.25) is 4.90 Å². The molecule has 0 aliphatic carbocycles. The lowest BCUT2D eigenvalue weighted by molar-refractivity contribution is -0.0101. The van der Waals surface area contributed by atoms with Gasteiger partial charge in [0.15, 0.2) is 0 Å². The standard InChI is InChI=1S/C13H17NO2/c1-16-12-4-2-3-10(7-12)13(15)9-14-6-5-11(13)8-14/h2-4,7,11,15H,5-6,8-9H2,1H3. The van der Waals surface area contributed by atoms with Crippen LogP contribution in [0.2, 0.25) is 0 Å². The summed E-state index contributed by atoms with van der Waals surface area (Å²) in [4.78, 5) is 2.34. The summed E-state index contributed by atoms with van der Waals surface area (Å²) in [5.41, 5.74) is 0.339. The van der Waals surface area contributed by atoms with Crippen LogP contribution in [0.5, 0.6) is 5.75 Å². The zero-order chi connectivity index (χ0) is 11.2. The molecule has 2 heterocycles. The Balaban J connectivity index is 1.96. The Bertz CT molecular complexity index is 407. The SMILES string of the molecule is COc1cccc(C2(O)CN3CCC2C3)c1. The van der Waals surface area contributed by atoms with Crippen molar-refractivity contribution in [2.45, 2.75) is 12.0 Å². The van der Waals surface area contributed by atoms with Gasteiger partial charge in [-0.25, -0.2) is 0 Å².